The molecule has 0 radical (unpaired) electrons. The largest absolute Gasteiger partial charge is 0.346 e. The lowest BCUT2D eigenvalue weighted by atomic mass is 10.1. The predicted molar refractivity (Wildman–Crippen MR) is 82.5 cm³/mol. The van der Waals surface area contributed by atoms with Gasteiger partial charge in [0.05, 0.1) is 6.54 Å². The van der Waals surface area contributed by atoms with E-state index in [0.29, 0.717) is 12.6 Å². The molecule has 0 atom stereocenters. The van der Waals surface area contributed by atoms with E-state index in [2.05, 4.69) is 42.5 Å². The van der Waals surface area contributed by atoms with E-state index < -0.39 is 0 Å². The van der Waals surface area contributed by atoms with Crippen molar-refractivity contribution in [3.05, 3.63) is 23.0 Å². The highest BCUT2D eigenvalue weighted by atomic mass is 16.1. The van der Waals surface area contributed by atoms with Crippen molar-refractivity contribution >= 4 is 5.78 Å². The fraction of sp³-hybridized carbons (Fsp3) is 0.688. The average molecular weight is 277 g/mol. The Bertz CT molecular complexity index is 468. The number of aromatic nitrogens is 1. The second kappa shape index (κ2) is 6.55. The molecule has 4 heteroatoms. The maximum absolute atomic E-state index is 12.6. The Morgan fingerprint density at radius 2 is 2.05 bits per heavy atom. The Labute approximate surface area is 122 Å². The zero-order chi connectivity index (χ0) is 14.7. The van der Waals surface area contributed by atoms with Crippen LogP contribution in [0.2, 0.25) is 0 Å². The molecule has 1 fully saturated rings. The summed E-state index contributed by atoms with van der Waals surface area (Å²) >= 11 is 0. The highest BCUT2D eigenvalue weighted by molar-refractivity contribution is 5.99. The molecule has 1 aliphatic rings. The smallest absolute Gasteiger partial charge is 0.178 e. The van der Waals surface area contributed by atoms with E-state index in [1.54, 1.807) is 0 Å². The molecule has 2 heterocycles. The van der Waals surface area contributed by atoms with Gasteiger partial charge >= 0.3 is 0 Å². The van der Waals surface area contributed by atoms with Gasteiger partial charge in [0.25, 0.3) is 0 Å². The molecular formula is C16H27N3O. The lowest BCUT2D eigenvalue weighted by Gasteiger charge is -2.18. The van der Waals surface area contributed by atoms with Crippen LogP contribution in [0, 0.1) is 13.8 Å². The van der Waals surface area contributed by atoms with Crippen LogP contribution in [0.3, 0.4) is 0 Å². The lowest BCUT2D eigenvalue weighted by molar-refractivity contribution is 0.0934. The number of hydrogen-bond acceptors (Lipinski definition) is 3. The summed E-state index contributed by atoms with van der Waals surface area (Å²) in [5.74, 6) is 0.256. The number of ketones is 1. The topological polar surface area (TPSA) is 37.3 Å². The molecule has 0 spiro atoms. The van der Waals surface area contributed by atoms with Crippen LogP contribution in [-0.2, 0) is 0 Å². The first-order chi connectivity index (χ1) is 9.50. The summed E-state index contributed by atoms with van der Waals surface area (Å²) in [5.41, 5.74) is 3.18. The highest BCUT2D eigenvalue weighted by Crippen LogP contribution is 2.20. The van der Waals surface area contributed by atoms with Crippen molar-refractivity contribution in [1.82, 2.24) is 14.8 Å². The Morgan fingerprint density at radius 1 is 1.30 bits per heavy atom. The number of carbonyl (C=O) groups is 1. The highest BCUT2D eigenvalue weighted by Gasteiger charge is 2.19. The molecule has 0 bridgehead atoms. The maximum atomic E-state index is 12.6. The average Bonchev–Trinajstić information content (AvgIpc) is 2.55. The van der Waals surface area contributed by atoms with Gasteiger partial charge in [-0.15, -0.1) is 0 Å². The number of aryl methyl sites for hydroxylation is 1. The van der Waals surface area contributed by atoms with Crippen molar-refractivity contribution in [3.8, 4) is 0 Å². The monoisotopic (exact) mass is 277 g/mol. The second-order valence-electron chi connectivity index (χ2n) is 6.05. The van der Waals surface area contributed by atoms with Crippen molar-refractivity contribution in [2.45, 2.75) is 40.2 Å². The number of nitrogens with one attached hydrogen (secondary N) is 1. The van der Waals surface area contributed by atoms with Crippen LogP contribution < -0.4 is 5.32 Å². The van der Waals surface area contributed by atoms with E-state index in [-0.39, 0.29) is 5.78 Å². The fourth-order valence-electron chi connectivity index (χ4n) is 3.20. The van der Waals surface area contributed by atoms with Crippen LogP contribution in [0.1, 0.15) is 48.1 Å². The SMILES string of the molecule is Cc1cc(C(=O)CN2CCCNCC2)c(C)n1C(C)C. The summed E-state index contributed by atoms with van der Waals surface area (Å²) in [6, 6.07) is 2.45. The quantitative estimate of drug-likeness (QED) is 0.857. The summed E-state index contributed by atoms with van der Waals surface area (Å²) in [7, 11) is 0. The Balaban J connectivity index is 2.11. The van der Waals surface area contributed by atoms with Gasteiger partial charge < -0.3 is 9.88 Å². The molecule has 1 N–H and O–H groups in total. The number of Topliss-reactive ketones (excluding diaryl/α,β-unsaturated/α-hetero) is 1. The summed E-state index contributed by atoms with van der Waals surface area (Å²) in [4.78, 5) is 14.8. The van der Waals surface area contributed by atoms with E-state index >= 15 is 0 Å². The van der Waals surface area contributed by atoms with E-state index in [1.165, 1.54) is 5.69 Å². The minimum atomic E-state index is 0.256. The van der Waals surface area contributed by atoms with Crippen molar-refractivity contribution in [2.75, 3.05) is 32.7 Å². The Morgan fingerprint density at radius 3 is 2.70 bits per heavy atom. The van der Waals surface area contributed by atoms with E-state index in [1.807, 2.05) is 6.07 Å². The van der Waals surface area contributed by atoms with Gasteiger partial charge in [-0.05, 0) is 53.3 Å². The third-order valence-corrected chi connectivity index (χ3v) is 4.10. The van der Waals surface area contributed by atoms with Gasteiger partial charge in [-0.2, -0.15) is 0 Å². The zero-order valence-corrected chi connectivity index (χ0v) is 13.2. The van der Waals surface area contributed by atoms with Gasteiger partial charge in [-0.1, -0.05) is 0 Å². The number of rotatable bonds is 4. The number of nitrogens with zero attached hydrogens (tertiary/aromatic N) is 2. The van der Waals surface area contributed by atoms with Gasteiger partial charge in [0.1, 0.15) is 0 Å². The van der Waals surface area contributed by atoms with Crippen LogP contribution in [0.15, 0.2) is 6.07 Å². The number of carbonyl (C=O) groups excluding carboxylic acids is 1. The Hall–Kier alpha value is -1.13. The molecule has 112 valence electrons. The molecule has 0 aromatic carbocycles. The third kappa shape index (κ3) is 3.30. The molecule has 1 aromatic rings. The first-order valence-corrected chi connectivity index (χ1v) is 7.65. The van der Waals surface area contributed by atoms with Crippen LogP contribution >= 0.6 is 0 Å². The minimum absolute atomic E-state index is 0.256. The molecule has 1 aromatic heterocycles. The lowest BCUT2D eigenvalue weighted by Crippen LogP contribution is -2.33. The summed E-state index contributed by atoms with van der Waals surface area (Å²) in [6.45, 7) is 13.0. The molecule has 1 aliphatic heterocycles. The van der Waals surface area contributed by atoms with Gasteiger partial charge in [-0.3, -0.25) is 9.69 Å². The van der Waals surface area contributed by atoms with E-state index in [0.717, 1.165) is 43.9 Å². The van der Waals surface area contributed by atoms with Crippen LogP contribution in [-0.4, -0.2) is 48.0 Å². The van der Waals surface area contributed by atoms with Gasteiger partial charge in [0, 0.05) is 36.1 Å². The molecular weight excluding hydrogens is 250 g/mol. The first-order valence-electron chi connectivity index (χ1n) is 7.65. The molecule has 4 nitrogen and oxygen atoms in total. The molecule has 20 heavy (non-hydrogen) atoms. The molecule has 0 unspecified atom stereocenters. The summed E-state index contributed by atoms with van der Waals surface area (Å²) < 4.78 is 2.25. The first kappa shape index (κ1) is 15.3. The normalized spacial score (nSPS) is 17.4. The Kier molecular flexibility index (Phi) is 5.00. The van der Waals surface area contributed by atoms with Crippen molar-refractivity contribution < 1.29 is 4.79 Å². The van der Waals surface area contributed by atoms with Crippen LogP contribution in [0.4, 0.5) is 0 Å². The minimum Gasteiger partial charge on any atom is -0.346 e. The maximum Gasteiger partial charge on any atom is 0.178 e. The van der Waals surface area contributed by atoms with E-state index in [4.69, 9.17) is 0 Å². The molecule has 2 rings (SSSR count). The second-order valence-corrected chi connectivity index (χ2v) is 6.05. The van der Waals surface area contributed by atoms with Crippen LogP contribution in [0.5, 0.6) is 0 Å². The predicted octanol–water partition coefficient (Wildman–Crippen LogP) is 2.16. The summed E-state index contributed by atoms with van der Waals surface area (Å²) in [5, 5.41) is 3.37. The van der Waals surface area contributed by atoms with E-state index in [9.17, 15) is 4.79 Å². The van der Waals surface area contributed by atoms with Crippen LogP contribution in [0.25, 0.3) is 0 Å². The number of hydrogen-bond donors (Lipinski definition) is 1. The van der Waals surface area contributed by atoms with Crippen molar-refractivity contribution in [1.29, 1.82) is 0 Å². The molecule has 0 aliphatic carbocycles. The van der Waals surface area contributed by atoms with Gasteiger partial charge in [0.2, 0.25) is 0 Å². The van der Waals surface area contributed by atoms with Gasteiger partial charge in [0.15, 0.2) is 5.78 Å². The van der Waals surface area contributed by atoms with Crippen molar-refractivity contribution in [2.24, 2.45) is 0 Å². The molecule has 1 saturated heterocycles. The fourth-order valence-corrected chi connectivity index (χ4v) is 3.20. The molecule has 0 amide bonds. The van der Waals surface area contributed by atoms with Crippen molar-refractivity contribution in [3.63, 3.8) is 0 Å². The van der Waals surface area contributed by atoms with Gasteiger partial charge in [-0.25, -0.2) is 0 Å². The standard InChI is InChI=1S/C16H27N3O/c1-12(2)19-13(3)10-15(14(19)4)16(20)11-18-8-5-6-17-7-9-18/h10,12,17H,5-9,11H2,1-4H3. The molecule has 0 saturated carbocycles. The summed E-state index contributed by atoms with van der Waals surface area (Å²) in [6.07, 6.45) is 1.12. The zero-order valence-electron chi connectivity index (χ0n) is 13.2. The third-order valence-electron chi connectivity index (χ3n) is 4.10.